The third-order valence-corrected chi connectivity index (χ3v) is 6.20. The third kappa shape index (κ3) is 6.03. The van der Waals surface area contributed by atoms with Gasteiger partial charge in [0.15, 0.2) is 0 Å². The van der Waals surface area contributed by atoms with Gasteiger partial charge in [0.25, 0.3) is 0 Å². The van der Waals surface area contributed by atoms with Gasteiger partial charge in [0.1, 0.15) is 0 Å². The summed E-state index contributed by atoms with van der Waals surface area (Å²) in [7, 11) is 0. The second-order valence-corrected chi connectivity index (χ2v) is 8.57. The molecular weight excluding hydrogens is 374 g/mol. The minimum absolute atomic E-state index is 0.177. The van der Waals surface area contributed by atoms with Gasteiger partial charge in [-0.3, -0.25) is 4.79 Å². The molecule has 6 heteroatoms. The van der Waals surface area contributed by atoms with Gasteiger partial charge in [0, 0.05) is 28.8 Å². The first kappa shape index (κ1) is 18.8. The van der Waals surface area contributed by atoms with Gasteiger partial charge in [-0.1, -0.05) is 29.8 Å². The highest BCUT2D eigenvalue weighted by molar-refractivity contribution is 7.99. The van der Waals surface area contributed by atoms with Crippen LogP contribution in [0.25, 0.3) is 0 Å². The second-order valence-electron chi connectivity index (χ2n) is 6.11. The van der Waals surface area contributed by atoms with Crippen LogP contribution in [0.1, 0.15) is 23.3 Å². The van der Waals surface area contributed by atoms with Crippen LogP contribution in [0.5, 0.6) is 0 Å². The zero-order valence-corrected chi connectivity index (χ0v) is 16.4. The third-order valence-electron chi connectivity index (χ3n) is 4.11. The Morgan fingerprint density at radius 2 is 2.28 bits per heavy atom. The summed E-state index contributed by atoms with van der Waals surface area (Å²) in [5.74, 6) is 1.44. The lowest BCUT2D eigenvalue weighted by Gasteiger charge is -2.25. The number of ether oxygens (including phenoxy) is 1. The molecule has 1 aliphatic heterocycles. The van der Waals surface area contributed by atoms with Crippen molar-refractivity contribution in [2.75, 3.05) is 18.9 Å². The summed E-state index contributed by atoms with van der Waals surface area (Å²) in [5.41, 5.74) is 1.15. The monoisotopic (exact) mass is 395 g/mol. The Hall–Kier alpha value is -1.01. The van der Waals surface area contributed by atoms with Crippen molar-refractivity contribution in [2.45, 2.75) is 31.2 Å². The molecule has 134 valence electrons. The highest BCUT2D eigenvalue weighted by atomic mass is 35.5. The minimum Gasteiger partial charge on any atom is -0.376 e. The van der Waals surface area contributed by atoms with Crippen molar-refractivity contribution in [3.05, 3.63) is 57.2 Å². The lowest BCUT2D eigenvalue weighted by Crippen LogP contribution is -2.37. The normalized spacial score (nSPS) is 16.9. The van der Waals surface area contributed by atoms with Crippen LogP contribution in [0.2, 0.25) is 5.02 Å². The SMILES string of the molecule is O=C(CSCc1cccc(Cl)c1)N(Cc1cccs1)CC1CCCO1. The van der Waals surface area contributed by atoms with E-state index in [1.165, 1.54) is 4.88 Å². The molecule has 0 radical (unpaired) electrons. The average molecular weight is 396 g/mol. The number of thiophene rings is 1. The van der Waals surface area contributed by atoms with Crippen LogP contribution < -0.4 is 0 Å². The van der Waals surface area contributed by atoms with Crippen molar-refractivity contribution in [3.63, 3.8) is 0 Å². The number of nitrogens with zero attached hydrogens (tertiary/aromatic N) is 1. The summed E-state index contributed by atoms with van der Waals surface area (Å²) in [5, 5.41) is 2.79. The van der Waals surface area contributed by atoms with Gasteiger partial charge in [-0.25, -0.2) is 0 Å². The van der Waals surface area contributed by atoms with Crippen molar-refractivity contribution in [3.8, 4) is 0 Å². The molecule has 0 saturated carbocycles. The van der Waals surface area contributed by atoms with Crippen molar-refractivity contribution < 1.29 is 9.53 Å². The maximum absolute atomic E-state index is 12.7. The summed E-state index contributed by atoms with van der Waals surface area (Å²) in [4.78, 5) is 15.9. The van der Waals surface area contributed by atoms with Gasteiger partial charge < -0.3 is 9.64 Å². The number of carbonyl (C=O) groups excluding carboxylic acids is 1. The van der Waals surface area contributed by atoms with Crippen LogP contribution in [0.3, 0.4) is 0 Å². The summed E-state index contributed by atoms with van der Waals surface area (Å²) >= 11 is 9.34. The summed E-state index contributed by atoms with van der Waals surface area (Å²) < 4.78 is 5.73. The molecule has 25 heavy (non-hydrogen) atoms. The van der Waals surface area contributed by atoms with E-state index in [9.17, 15) is 4.79 Å². The number of hydrogen-bond acceptors (Lipinski definition) is 4. The number of carbonyl (C=O) groups is 1. The molecule has 0 N–H and O–H groups in total. The topological polar surface area (TPSA) is 29.5 Å². The van der Waals surface area contributed by atoms with Crippen LogP contribution in [-0.2, 0) is 21.8 Å². The van der Waals surface area contributed by atoms with Crippen molar-refractivity contribution in [1.29, 1.82) is 0 Å². The van der Waals surface area contributed by atoms with E-state index in [1.54, 1.807) is 23.1 Å². The van der Waals surface area contributed by atoms with Gasteiger partial charge in [-0.15, -0.1) is 23.1 Å². The van der Waals surface area contributed by atoms with Crippen molar-refractivity contribution in [2.24, 2.45) is 0 Å². The fraction of sp³-hybridized carbons (Fsp3) is 0.421. The van der Waals surface area contributed by atoms with E-state index in [0.717, 1.165) is 35.8 Å². The predicted molar refractivity (Wildman–Crippen MR) is 106 cm³/mol. The van der Waals surface area contributed by atoms with Gasteiger partial charge >= 0.3 is 0 Å². The minimum atomic E-state index is 0.177. The van der Waals surface area contributed by atoms with E-state index >= 15 is 0 Å². The quantitative estimate of drug-likeness (QED) is 0.640. The number of rotatable bonds is 8. The Kier molecular flexibility index (Phi) is 7.23. The molecule has 1 atom stereocenters. The molecule has 2 aromatic rings. The Bertz CT molecular complexity index is 672. The molecule has 1 unspecified atom stereocenters. The molecular formula is C19H22ClNO2S2. The van der Waals surface area contributed by atoms with Gasteiger partial charge in [-0.2, -0.15) is 0 Å². The lowest BCUT2D eigenvalue weighted by molar-refractivity contribution is -0.130. The molecule has 1 aromatic heterocycles. The smallest absolute Gasteiger partial charge is 0.232 e. The Labute approximate surface area is 162 Å². The first-order chi connectivity index (χ1) is 12.2. The molecule has 2 heterocycles. The number of hydrogen-bond donors (Lipinski definition) is 0. The van der Waals surface area contributed by atoms with Gasteiger partial charge in [0.2, 0.25) is 5.91 Å². The number of amides is 1. The molecule has 1 amide bonds. The maximum atomic E-state index is 12.7. The zero-order valence-electron chi connectivity index (χ0n) is 14.0. The maximum Gasteiger partial charge on any atom is 0.232 e. The van der Waals surface area contributed by atoms with Gasteiger partial charge in [-0.05, 0) is 42.0 Å². The van der Waals surface area contributed by atoms with Crippen LogP contribution in [0.4, 0.5) is 0 Å². The van der Waals surface area contributed by atoms with E-state index in [4.69, 9.17) is 16.3 Å². The summed E-state index contributed by atoms with van der Waals surface area (Å²) in [6.45, 7) is 2.18. The molecule has 1 aliphatic rings. The van der Waals surface area contributed by atoms with Crippen molar-refractivity contribution >= 4 is 40.6 Å². The number of halogens is 1. The predicted octanol–water partition coefficient (Wildman–Crippen LogP) is 4.84. The number of benzene rings is 1. The fourth-order valence-electron chi connectivity index (χ4n) is 2.85. The number of thioether (sulfide) groups is 1. The van der Waals surface area contributed by atoms with E-state index in [0.29, 0.717) is 18.8 Å². The Balaban J connectivity index is 1.53. The average Bonchev–Trinajstić information content (AvgIpc) is 3.28. The fourth-order valence-corrected chi connectivity index (χ4v) is 4.66. The molecule has 1 aromatic carbocycles. The molecule has 3 rings (SSSR count). The first-order valence-corrected chi connectivity index (χ1v) is 10.9. The second kappa shape index (κ2) is 9.62. The summed E-state index contributed by atoms with van der Waals surface area (Å²) in [6, 6.07) is 11.9. The first-order valence-electron chi connectivity index (χ1n) is 8.44. The van der Waals surface area contributed by atoms with E-state index in [2.05, 4.69) is 11.4 Å². The van der Waals surface area contributed by atoms with Crippen molar-refractivity contribution in [1.82, 2.24) is 4.90 Å². The lowest BCUT2D eigenvalue weighted by atomic mass is 10.2. The molecule has 3 nitrogen and oxygen atoms in total. The molecule has 1 fully saturated rings. The zero-order chi connectivity index (χ0) is 17.5. The molecule has 0 bridgehead atoms. The van der Waals surface area contributed by atoms with E-state index < -0.39 is 0 Å². The van der Waals surface area contributed by atoms with E-state index in [1.807, 2.05) is 35.2 Å². The van der Waals surface area contributed by atoms with Crippen LogP contribution in [0, 0.1) is 0 Å². The highest BCUT2D eigenvalue weighted by Crippen LogP contribution is 2.20. The molecule has 0 aliphatic carbocycles. The molecule has 0 spiro atoms. The standard InChI is InChI=1S/C19H22ClNO2S2/c20-16-5-1-4-15(10-16)13-24-14-19(22)21(11-17-6-2-8-23-17)12-18-7-3-9-25-18/h1,3-5,7,9-10,17H,2,6,8,11-14H2. The van der Waals surface area contributed by atoms with Crippen LogP contribution in [0.15, 0.2) is 41.8 Å². The largest absolute Gasteiger partial charge is 0.376 e. The highest BCUT2D eigenvalue weighted by Gasteiger charge is 2.23. The van der Waals surface area contributed by atoms with Crippen LogP contribution >= 0.6 is 34.7 Å². The Morgan fingerprint density at radius 1 is 1.36 bits per heavy atom. The van der Waals surface area contributed by atoms with E-state index in [-0.39, 0.29) is 12.0 Å². The Morgan fingerprint density at radius 3 is 3.00 bits per heavy atom. The molecule has 1 saturated heterocycles. The summed E-state index contributed by atoms with van der Waals surface area (Å²) in [6.07, 6.45) is 2.32. The van der Waals surface area contributed by atoms with Crippen LogP contribution in [-0.4, -0.2) is 35.8 Å². The van der Waals surface area contributed by atoms with Gasteiger partial charge in [0.05, 0.1) is 18.4 Å².